The molecule has 15 heavy (non-hydrogen) atoms. The smallest absolute Gasteiger partial charge is 0.160 e. The second kappa shape index (κ2) is 4.11. The summed E-state index contributed by atoms with van der Waals surface area (Å²) in [6, 6.07) is 5.68. The summed E-state index contributed by atoms with van der Waals surface area (Å²) >= 11 is 0. The van der Waals surface area contributed by atoms with E-state index >= 15 is 0 Å². The van der Waals surface area contributed by atoms with Crippen LogP contribution in [0.25, 0.3) is 0 Å². The van der Waals surface area contributed by atoms with Crippen LogP contribution in [0.5, 0.6) is 11.5 Å². The summed E-state index contributed by atoms with van der Waals surface area (Å²) in [7, 11) is 1.56. The first-order valence-corrected chi connectivity index (χ1v) is 5.30. The van der Waals surface area contributed by atoms with Crippen LogP contribution in [0.2, 0.25) is 0 Å². The van der Waals surface area contributed by atoms with Gasteiger partial charge in [-0.25, -0.2) is 0 Å². The Balaban J connectivity index is 2.25. The van der Waals surface area contributed by atoms with Crippen molar-refractivity contribution in [3.05, 3.63) is 23.8 Å². The molecule has 0 spiro atoms. The Morgan fingerprint density at radius 2 is 2.20 bits per heavy atom. The van der Waals surface area contributed by atoms with E-state index in [9.17, 15) is 5.11 Å². The van der Waals surface area contributed by atoms with Gasteiger partial charge in [-0.1, -0.05) is 13.0 Å². The molecule has 0 aliphatic carbocycles. The number of aromatic hydroxyl groups is 1. The van der Waals surface area contributed by atoms with Gasteiger partial charge in [0.25, 0.3) is 0 Å². The zero-order chi connectivity index (χ0) is 10.8. The first kappa shape index (κ1) is 10.3. The highest BCUT2D eigenvalue weighted by molar-refractivity contribution is 5.43. The normalized spacial score (nSPS) is 25.5. The van der Waals surface area contributed by atoms with Gasteiger partial charge in [0.15, 0.2) is 11.5 Å². The highest BCUT2D eigenvalue weighted by Crippen LogP contribution is 2.33. The second-order valence-electron chi connectivity index (χ2n) is 4.17. The molecule has 1 fully saturated rings. The van der Waals surface area contributed by atoms with E-state index in [-0.39, 0.29) is 5.75 Å². The number of ether oxygens (including phenoxy) is 1. The van der Waals surface area contributed by atoms with Gasteiger partial charge in [0.1, 0.15) is 0 Å². The summed E-state index contributed by atoms with van der Waals surface area (Å²) in [6.45, 7) is 4.27. The number of methoxy groups -OCH3 is 1. The van der Waals surface area contributed by atoms with Crippen LogP contribution in [-0.4, -0.2) is 25.3 Å². The maximum atomic E-state index is 9.69. The molecule has 82 valence electrons. The maximum Gasteiger partial charge on any atom is 0.160 e. The molecule has 2 atom stereocenters. The molecule has 1 aromatic rings. The van der Waals surface area contributed by atoms with Gasteiger partial charge in [-0.3, -0.25) is 0 Å². The number of phenolic OH excluding ortho intramolecular Hbond substituents is 1. The summed E-state index contributed by atoms with van der Waals surface area (Å²) in [5, 5.41) is 13.0. The number of benzene rings is 1. The van der Waals surface area contributed by atoms with Gasteiger partial charge in [0.05, 0.1) is 7.11 Å². The van der Waals surface area contributed by atoms with Gasteiger partial charge < -0.3 is 15.2 Å². The van der Waals surface area contributed by atoms with Crippen molar-refractivity contribution in [2.24, 2.45) is 5.92 Å². The molecule has 3 nitrogen and oxygen atoms in total. The van der Waals surface area contributed by atoms with E-state index in [1.54, 1.807) is 7.11 Å². The second-order valence-corrected chi connectivity index (χ2v) is 4.17. The lowest BCUT2D eigenvalue weighted by atomic mass is 9.90. The van der Waals surface area contributed by atoms with E-state index in [2.05, 4.69) is 12.2 Å². The molecule has 1 aromatic carbocycles. The monoisotopic (exact) mass is 207 g/mol. The Hall–Kier alpha value is -1.22. The quantitative estimate of drug-likeness (QED) is 0.776. The summed E-state index contributed by atoms with van der Waals surface area (Å²) in [5.41, 5.74) is 1.19. The maximum absolute atomic E-state index is 9.69. The van der Waals surface area contributed by atoms with Gasteiger partial charge in [-0.05, 0) is 30.2 Å². The van der Waals surface area contributed by atoms with E-state index in [1.165, 1.54) is 5.56 Å². The molecule has 1 aliphatic rings. The topological polar surface area (TPSA) is 41.5 Å². The SMILES string of the molecule is COc1ccc(C2CNCC2C)cc1O. The largest absolute Gasteiger partial charge is 0.504 e. The van der Waals surface area contributed by atoms with Gasteiger partial charge in [-0.2, -0.15) is 0 Å². The fourth-order valence-electron chi connectivity index (χ4n) is 2.19. The van der Waals surface area contributed by atoms with Crippen molar-refractivity contribution in [1.29, 1.82) is 0 Å². The summed E-state index contributed by atoms with van der Waals surface area (Å²) in [4.78, 5) is 0. The predicted octanol–water partition coefficient (Wildman–Crippen LogP) is 1.72. The molecule has 0 saturated carbocycles. The molecule has 3 heteroatoms. The Labute approximate surface area is 90.1 Å². The number of phenols is 1. The molecule has 0 aromatic heterocycles. The Bertz CT molecular complexity index is 351. The molecule has 2 N–H and O–H groups in total. The highest BCUT2D eigenvalue weighted by Gasteiger charge is 2.25. The fraction of sp³-hybridized carbons (Fsp3) is 0.500. The molecule has 1 aliphatic heterocycles. The van der Waals surface area contributed by atoms with Crippen LogP contribution in [0, 0.1) is 5.92 Å². The van der Waals surface area contributed by atoms with Crippen LogP contribution in [0.4, 0.5) is 0 Å². The predicted molar refractivity (Wildman–Crippen MR) is 59.4 cm³/mol. The molecule has 1 saturated heterocycles. The average Bonchev–Trinajstić information content (AvgIpc) is 2.64. The van der Waals surface area contributed by atoms with Crippen molar-refractivity contribution in [1.82, 2.24) is 5.32 Å². The third kappa shape index (κ3) is 1.92. The highest BCUT2D eigenvalue weighted by atomic mass is 16.5. The molecule has 1 heterocycles. The van der Waals surface area contributed by atoms with Gasteiger partial charge in [0, 0.05) is 12.5 Å². The van der Waals surface area contributed by atoms with E-state index in [1.807, 2.05) is 18.2 Å². The Morgan fingerprint density at radius 3 is 2.73 bits per heavy atom. The summed E-state index contributed by atoms with van der Waals surface area (Å²) < 4.78 is 5.02. The van der Waals surface area contributed by atoms with Crippen LogP contribution < -0.4 is 10.1 Å². The lowest BCUT2D eigenvalue weighted by Gasteiger charge is -2.15. The molecule has 2 rings (SSSR count). The lowest BCUT2D eigenvalue weighted by Crippen LogP contribution is -2.07. The van der Waals surface area contributed by atoms with E-state index in [0.717, 1.165) is 13.1 Å². The lowest BCUT2D eigenvalue weighted by molar-refractivity contribution is 0.372. The van der Waals surface area contributed by atoms with Crippen molar-refractivity contribution in [3.8, 4) is 11.5 Å². The van der Waals surface area contributed by atoms with Gasteiger partial charge in [-0.15, -0.1) is 0 Å². The Morgan fingerprint density at radius 1 is 1.40 bits per heavy atom. The number of hydrogen-bond acceptors (Lipinski definition) is 3. The molecule has 0 bridgehead atoms. The number of hydrogen-bond donors (Lipinski definition) is 2. The fourth-order valence-corrected chi connectivity index (χ4v) is 2.19. The van der Waals surface area contributed by atoms with E-state index < -0.39 is 0 Å². The van der Waals surface area contributed by atoms with E-state index in [4.69, 9.17) is 4.74 Å². The van der Waals surface area contributed by atoms with Crippen LogP contribution in [0.3, 0.4) is 0 Å². The average molecular weight is 207 g/mol. The first-order chi connectivity index (χ1) is 7.22. The minimum absolute atomic E-state index is 0.231. The Kier molecular flexibility index (Phi) is 2.82. The van der Waals surface area contributed by atoms with Crippen molar-refractivity contribution in [3.63, 3.8) is 0 Å². The minimum atomic E-state index is 0.231. The van der Waals surface area contributed by atoms with Crippen molar-refractivity contribution in [2.45, 2.75) is 12.8 Å². The minimum Gasteiger partial charge on any atom is -0.504 e. The van der Waals surface area contributed by atoms with Gasteiger partial charge in [0.2, 0.25) is 0 Å². The first-order valence-electron chi connectivity index (χ1n) is 5.30. The van der Waals surface area contributed by atoms with Crippen LogP contribution in [0.1, 0.15) is 18.4 Å². The summed E-state index contributed by atoms with van der Waals surface area (Å²) in [6.07, 6.45) is 0. The molecule has 2 unspecified atom stereocenters. The van der Waals surface area contributed by atoms with E-state index in [0.29, 0.717) is 17.6 Å². The molecular formula is C12H17NO2. The van der Waals surface area contributed by atoms with Crippen LogP contribution in [-0.2, 0) is 0 Å². The standard InChI is InChI=1S/C12H17NO2/c1-8-6-13-7-10(8)9-3-4-12(15-2)11(14)5-9/h3-5,8,10,13-14H,6-7H2,1-2H3. The van der Waals surface area contributed by atoms with Crippen LogP contribution in [0.15, 0.2) is 18.2 Å². The third-order valence-corrected chi connectivity index (χ3v) is 3.15. The number of rotatable bonds is 2. The van der Waals surface area contributed by atoms with Gasteiger partial charge >= 0.3 is 0 Å². The molecular weight excluding hydrogens is 190 g/mol. The zero-order valence-corrected chi connectivity index (χ0v) is 9.16. The zero-order valence-electron chi connectivity index (χ0n) is 9.16. The molecule has 0 radical (unpaired) electrons. The number of nitrogens with one attached hydrogen (secondary N) is 1. The van der Waals surface area contributed by atoms with Crippen molar-refractivity contribution < 1.29 is 9.84 Å². The summed E-state index contributed by atoms with van der Waals surface area (Å²) in [5.74, 6) is 1.89. The third-order valence-electron chi connectivity index (χ3n) is 3.15. The van der Waals surface area contributed by atoms with Crippen molar-refractivity contribution in [2.75, 3.05) is 20.2 Å². The molecule has 0 amide bonds. The van der Waals surface area contributed by atoms with Crippen molar-refractivity contribution >= 4 is 0 Å². The van der Waals surface area contributed by atoms with Crippen LogP contribution >= 0.6 is 0 Å².